The molecule has 0 radical (unpaired) electrons. The van der Waals surface area contributed by atoms with Crippen LogP contribution in [0.5, 0.6) is 0 Å². The average Bonchev–Trinajstić information content (AvgIpc) is 3.35. The van der Waals surface area contributed by atoms with E-state index >= 15 is 0 Å². The number of para-hydroxylation sites is 1. The van der Waals surface area contributed by atoms with Crippen LogP contribution in [-0.2, 0) is 4.79 Å². The molecule has 1 aromatic carbocycles. The van der Waals surface area contributed by atoms with E-state index in [4.69, 9.17) is 0 Å². The lowest BCUT2D eigenvalue weighted by molar-refractivity contribution is -0.129. The van der Waals surface area contributed by atoms with E-state index in [1.807, 2.05) is 4.90 Å². The van der Waals surface area contributed by atoms with Crippen molar-refractivity contribution in [2.45, 2.75) is 38.6 Å². The van der Waals surface area contributed by atoms with Gasteiger partial charge in [-0.25, -0.2) is 0 Å². The lowest BCUT2D eigenvalue weighted by Crippen LogP contribution is -2.44. The summed E-state index contributed by atoms with van der Waals surface area (Å²) in [4.78, 5) is 21.1. The molecule has 3 rings (SSSR count). The Morgan fingerprint density at radius 2 is 1.93 bits per heavy atom. The number of rotatable bonds is 6. The molecule has 0 bridgehead atoms. The van der Waals surface area contributed by atoms with E-state index in [-0.39, 0.29) is 29.9 Å². The largest absolute Gasteiger partial charge is 0.369 e. The predicted molar refractivity (Wildman–Crippen MR) is 122 cm³/mol. The van der Waals surface area contributed by atoms with Crippen molar-refractivity contribution in [2.75, 3.05) is 44.2 Å². The van der Waals surface area contributed by atoms with Gasteiger partial charge in [0.05, 0.1) is 6.54 Å². The van der Waals surface area contributed by atoms with Gasteiger partial charge in [0.15, 0.2) is 5.96 Å². The molecule has 1 unspecified atom stereocenters. The fraction of sp³-hybridized carbons (Fsp3) is 0.600. The molecule has 2 aliphatic rings. The van der Waals surface area contributed by atoms with Crippen LogP contribution in [0.1, 0.15) is 32.6 Å². The first-order valence-electron chi connectivity index (χ1n) is 9.89. The standard InChI is InChI=1S/C20H31N5O.HI/c1-2-21-20(22-12-10-19(26)24-13-6-7-14-24)23-17-11-15-25(16-17)18-8-4-3-5-9-18;/h3-5,8-9,17H,2,6-7,10-16H2,1H3,(H2,21,22,23);1H. The number of nitrogens with one attached hydrogen (secondary N) is 2. The van der Waals surface area contributed by atoms with E-state index in [0.29, 0.717) is 19.0 Å². The highest BCUT2D eigenvalue weighted by molar-refractivity contribution is 14.0. The van der Waals surface area contributed by atoms with Gasteiger partial charge in [-0.1, -0.05) is 18.2 Å². The van der Waals surface area contributed by atoms with E-state index in [2.05, 4.69) is 57.8 Å². The Morgan fingerprint density at radius 3 is 2.63 bits per heavy atom. The van der Waals surface area contributed by atoms with Gasteiger partial charge in [-0.3, -0.25) is 9.79 Å². The summed E-state index contributed by atoms with van der Waals surface area (Å²) < 4.78 is 0. The van der Waals surface area contributed by atoms with Crippen LogP contribution in [0, 0.1) is 0 Å². The topological polar surface area (TPSA) is 60.0 Å². The first-order valence-corrected chi connectivity index (χ1v) is 9.89. The molecular formula is C20H32IN5O. The average molecular weight is 485 g/mol. The molecular weight excluding hydrogens is 453 g/mol. The number of benzene rings is 1. The molecule has 0 spiro atoms. The van der Waals surface area contributed by atoms with Gasteiger partial charge in [0.2, 0.25) is 5.91 Å². The van der Waals surface area contributed by atoms with E-state index in [1.54, 1.807) is 0 Å². The molecule has 0 saturated carbocycles. The van der Waals surface area contributed by atoms with Crippen LogP contribution in [0.2, 0.25) is 0 Å². The summed E-state index contributed by atoms with van der Waals surface area (Å²) in [7, 11) is 0. The summed E-state index contributed by atoms with van der Waals surface area (Å²) in [6, 6.07) is 10.9. The normalized spacial score (nSPS) is 19.7. The lowest BCUT2D eigenvalue weighted by atomic mass is 10.2. The molecule has 7 heteroatoms. The molecule has 2 heterocycles. The number of hydrogen-bond acceptors (Lipinski definition) is 3. The van der Waals surface area contributed by atoms with E-state index in [9.17, 15) is 4.79 Å². The van der Waals surface area contributed by atoms with Crippen LogP contribution < -0.4 is 15.5 Å². The second-order valence-corrected chi connectivity index (χ2v) is 7.01. The number of carbonyl (C=O) groups is 1. The number of amides is 1. The molecule has 1 amide bonds. The zero-order chi connectivity index (χ0) is 18.2. The highest BCUT2D eigenvalue weighted by atomic mass is 127. The first kappa shape index (κ1) is 21.8. The smallest absolute Gasteiger partial charge is 0.224 e. The summed E-state index contributed by atoms with van der Waals surface area (Å²) in [6.45, 7) is 7.28. The van der Waals surface area contributed by atoms with Crippen LogP contribution >= 0.6 is 24.0 Å². The number of nitrogens with zero attached hydrogens (tertiary/aromatic N) is 3. The Balaban J connectivity index is 0.00000261. The summed E-state index contributed by atoms with van der Waals surface area (Å²) in [6.07, 6.45) is 3.86. The van der Waals surface area contributed by atoms with Crippen LogP contribution in [-0.4, -0.2) is 62.1 Å². The number of hydrogen-bond donors (Lipinski definition) is 2. The van der Waals surface area contributed by atoms with Crippen molar-refractivity contribution in [3.63, 3.8) is 0 Å². The first-order chi connectivity index (χ1) is 12.8. The molecule has 2 fully saturated rings. The summed E-state index contributed by atoms with van der Waals surface area (Å²) >= 11 is 0. The van der Waals surface area contributed by atoms with Crippen molar-refractivity contribution in [3.05, 3.63) is 30.3 Å². The monoisotopic (exact) mass is 485 g/mol. The minimum absolute atomic E-state index is 0. The predicted octanol–water partition coefficient (Wildman–Crippen LogP) is 2.45. The molecule has 6 nitrogen and oxygen atoms in total. The van der Waals surface area contributed by atoms with Gasteiger partial charge < -0.3 is 20.4 Å². The number of anilines is 1. The molecule has 2 N–H and O–H groups in total. The Kier molecular flexibility index (Phi) is 9.17. The molecule has 2 saturated heterocycles. The Hall–Kier alpha value is -1.51. The minimum atomic E-state index is 0. The molecule has 150 valence electrons. The van der Waals surface area contributed by atoms with Crippen molar-refractivity contribution in [1.29, 1.82) is 0 Å². The second kappa shape index (κ2) is 11.4. The molecule has 0 aliphatic carbocycles. The number of aliphatic imine (C=N–C) groups is 1. The summed E-state index contributed by atoms with van der Waals surface area (Å²) in [5.41, 5.74) is 1.27. The Labute approximate surface area is 179 Å². The van der Waals surface area contributed by atoms with Gasteiger partial charge in [-0.15, -0.1) is 24.0 Å². The van der Waals surface area contributed by atoms with Crippen molar-refractivity contribution in [2.24, 2.45) is 4.99 Å². The van der Waals surface area contributed by atoms with E-state index in [0.717, 1.165) is 57.9 Å². The van der Waals surface area contributed by atoms with Gasteiger partial charge in [0, 0.05) is 50.9 Å². The van der Waals surface area contributed by atoms with Crippen molar-refractivity contribution in [3.8, 4) is 0 Å². The molecule has 1 atom stereocenters. The van der Waals surface area contributed by atoms with Crippen LogP contribution in [0.15, 0.2) is 35.3 Å². The van der Waals surface area contributed by atoms with Crippen LogP contribution in [0.25, 0.3) is 0 Å². The third-order valence-corrected chi connectivity index (χ3v) is 5.05. The number of halogens is 1. The number of guanidine groups is 1. The summed E-state index contributed by atoms with van der Waals surface area (Å²) in [5, 5.41) is 6.84. The van der Waals surface area contributed by atoms with Crippen molar-refractivity contribution < 1.29 is 4.79 Å². The van der Waals surface area contributed by atoms with Crippen LogP contribution in [0.3, 0.4) is 0 Å². The number of carbonyl (C=O) groups excluding carboxylic acids is 1. The zero-order valence-electron chi connectivity index (χ0n) is 16.2. The quantitative estimate of drug-likeness (QED) is 0.369. The molecule has 2 aliphatic heterocycles. The maximum atomic E-state index is 12.1. The maximum absolute atomic E-state index is 12.1. The second-order valence-electron chi connectivity index (χ2n) is 7.01. The number of likely N-dealkylation sites (tertiary alicyclic amines) is 1. The highest BCUT2D eigenvalue weighted by Crippen LogP contribution is 2.19. The van der Waals surface area contributed by atoms with Gasteiger partial charge in [-0.2, -0.15) is 0 Å². The van der Waals surface area contributed by atoms with Crippen LogP contribution in [0.4, 0.5) is 5.69 Å². The van der Waals surface area contributed by atoms with Gasteiger partial charge >= 0.3 is 0 Å². The lowest BCUT2D eigenvalue weighted by Gasteiger charge is -2.20. The zero-order valence-corrected chi connectivity index (χ0v) is 18.5. The Bertz CT molecular complexity index is 604. The van der Waals surface area contributed by atoms with Gasteiger partial charge in [0.1, 0.15) is 0 Å². The maximum Gasteiger partial charge on any atom is 0.224 e. The van der Waals surface area contributed by atoms with Crippen molar-refractivity contribution in [1.82, 2.24) is 15.5 Å². The summed E-state index contributed by atoms with van der Waals surface area (Å²) in [5.74, 6) is 1.06. The van der Waals surface area contributed by atoms with E-state index in [1.165, 1.54) is 5.69 Å². The molecule has 0 aromatic heterocycles. The molecule has 1 aromatic rings. The highest BCUT2D eigenvalue weighted by Gasteiger charge is 2.23. The fourth-order valence-electron chi connectivity index (χ4n) is 3.65. The SMILES string of the molecule is CCNC(=NCCC(=O)N1CCCC1)NC1CCN(c2ccccc2)C1.I. The fourth-order valence-corrected chi connectivity index (χ4v) is 3.65. The molecule has 27 heavy (non-hydrogen) atoms. The Morgan fingerprint density at radius 1 is 1.19 bits per heavy atom. The minimum Gasteiger partial charge on any atom is -0.369 e. The van der Waals surface area contributed by atoms with Gasteiger partial charge in [0.25, 0.3) is 0 Å². The van der Waals surface area contributed by atoms with E-state index < -0.39 is 0 Å². The third-order valence-electron chi connectivity index (χ3n) is 5.05. The van der Waals surface area contributed by atoms with Gasteiger partial charge in [-0.05, 0) is 38.3 Å². The van der Waals surface area contributed by atoms with Crippen molar-refractivity contribution >= 4 is 41.5 Å². The third kappa shape index (κ3) is 6.55.